The quantitative estimate of drug-likeness (QED) is 0.879. The Balaban J connectivity index is 1.56. The number of carbonyl (C=O) groups is 2. The number of ether oxygens (including phenoxy) is 1. The van der Waals surface area contributed by atoms with E-state index in [4.69, 9.17) is 10.5 Å². The van der Waals surface area contributed by atoms with E-state index < -0.39 is 0 Å². The highest BCUT2D eigenvalue weighted by Crippen LogP contribution is 2.25. The van der Waals surface area contributed by atoms with Gasteiger partial charge in [-0.2, -0.15) is 0 Å². The van der Waals surface area contributed by atoms with Gasteiger partial charge in [0.1, 0.15) is 5.75 Å². The normalized spacial score (nSPS) is 21.1. The number of nitrogens with zero attached hydrogens (tertiary/aromatic N) is 2. The van der Waals surface area contributed by atoms with E-state index in [1.807, 2.05) is 29.2 Å². The molecule has 2 saturated heterocycles. The third-order valence-corrected chi connectivity index (χ3v) is 4.54. The van der Waals surface area contributed by atoms with Crippen molar-refractivity contribution in [2.75, 3.05) is 37.7 Å². The first-order chi connectivity index (χ1) is 11.2. The van der Waals surface area contributed by atoms with Crippen LogP contribution in [0.1, 0.15) is 19.3 Å². The van der Waals surface area contributed by atoms with Gasteiger partial charge in [-0.05, 0) is 37.4 Å². The Bertz CT molecular complexity index is 590. The Morgan fingerprint density at radius 3 is 2.91 bits per heavy atom. The van der Waals surface area contributed by atoms with Gasteiger partial charge in [-0.25, -0.2) is 0 Å². The zero-order valence-electron chi connectivity index (χ0n) is 13.2. The first-order valence-electron chi connectivity index (χ1n) is 8.18. The fourth-order valence-electron chi connectivity index (χ4n) is 3.15. The molecule has 0 saturated carbocycles. The highest BCUT2D eigenvalue weighted by Gasteiger charge is 2.25. The molecule has 124 valence electrons. The van der Waals surface area contributed by atoms with Crippen LogP contribution in [0.4, 0.5) is 5.69 Å². The van der Waals surface area contributed by atoms with Gasteiger partial charge in [0.15, 0.2) is 6.61 Å². The lowest BCUT2D eigenvalue weighted by Crippen LogP contribution is -2.33. The number of nitrogens with two attached hydrogens (primary N) is 1. The van der Waals surface area contributed by atoms with E-state index in [-0.39, 0.29) is 18.4 Å². The third-order valence-electron chi connectivity index (χ3n) is 4.54. The number of rotatable bonds is 5. The van der Waals surface area contributed by atoms with Crippen molar-refractivity contribution in [2.45, 2.75) is 19.3 Å². The molecule has 2 amide bonds. The molecule has 2 aliphatic rings. The number of carbonyl (C=O) groups excluding carboxylic acids is 2. The summed E-state index contributed by atoms with van der Waals surface area (Å²) < 4.78 is 5.62. The van der Waals surface area contributed by atoms with Crippen molar-refractivity contribution >= 4 is 17.5 Å². The number of likely N-dealkylation sites (tertiary alicyclic amines) is 1. The minimum absolute atomic E-state index is 0.0106. The molecule has 0 aliphatic carbocycles. The molecule has 0 spiro atoms. The monoisotopic (exact) mass is 317 g/mol. The fraction of sp³-hybridized carbons (Fsp3) is 0.529. The second kappa shape index (κ2) is 7.00. The molecule has 2 heterocycles. The minimum atomic E-state index is -0.0106. The van der Waals surface area contributed by atoms with Crippen molar-refractivity contribution in [1.82, 2.24) is 4.90 Å². The van der Waals surface area contributed by atoms with Crippen molar-refractivity contribution in [1.29, 1.82) is 0 Å². The highest BCUT2D eigenvalue weighted by molar-refractivity contribution is 5.95. The Hall–Kier alpha value is -2.08. The summed E-state index contributed by atoms with van der Waals surface area (Å²) in [4.78, 5) is 27.5. The van der Waals surface area contributed by atoms with Crippen molar-refractivity contribution in [2.24, 2.45) is 11.7 Å². The first-order valence-corrected chi connectivity index (χ1v) is 8.18. The van der Waals surface area contributed by atoms with E-state index >= 15 is 0 Å². The van der Waals surface area contributed by atoms with Crippen LogP contribution in [0, 0.1) is 5.92 Å². The van der Waals surface area contributed by atoms with Crippen molar-refractivity contribution in [3.63, 3.8) is 0 Å². The lowest BCUT2D eigenvalue weighted by molar-refractivity contribution is -0.132. The summed E-state index contributed by atoms with van der Waals surface area (Å²) in [5.74, 6) is 1.15. The largest absolute Gasteiger partial charge is 0.484 e. The fourth-order valence-corrected chi connectivity index (χ4v) is 3.15. The summed E-state index contributed by atoms with van der Waals surface area (Å²) in [5.41, 5.74) is 6.48. The van der Waals surface area contributed by atoms with Crippen LogP contribution < -0.4 is 15.4 Å². The average molecular weight is 317 g/mol. The van der Waals surface area contributed by atoms with Crippen molar-refractivity contribution < 1.29 is 14.3 Å². The maximum Gasteiger partial charge on any atom is 0.260 e. The van der Waals surface area contributed by atoms with Gasteiger partial charge < -0.3 is 20.3 Å². The standard InChI is InChI=1S/C17H23N3O3/c18-10-13-6-8-19(11-13)17(22)12-23-15-4-1-3-14(9-15)20-7-2-5-16(20)21/h1,3-4,9,13H,2,5-8,10-12,18H2. The van der Waals surface area contributed by atoms with Crippen molar-refractivity contribution in [3.05, 3.63) is 24.3 Å². The van der Waals surface area contributed by atoms with E-state index in [2.05, 4.69) is 0 Å². The summed E-state index contributed by atoms with van der Waals surface area (Å²) in [6.45, 7) is 2.87. The van der Waals surface area contributed by atoms with Gasteiger partial charge in [-0.3, -0.25) is 9.59 Å². The molecule has 23 heavy (non-hydrogen) atoms. The van der Waals surface area contributed by atoms with Gasteiger partial charge in [0, 0.05) is 37.8 Å². The summed E-state index contributed by atoms with van der Waals surface area (Å²) >= 11 is 0. The maximum absolute atomic E-state index is 12.2. The van der Waals surface area contributed by atoms with Crippen LogP contribution in [-0.4, -0.2) is 49.5 Å². The molecular formula is C17H23N3O3. The molecule has 1 aromatic carbocycles. The summed E-state index contributed by atoms with van der Waals surface area (Å²) in [6.07, 6.45) is 2.45. The van der Waals surface area contributed by atoms with Crippen LogP contribution in [0.5, 0.6) is 5.75 Å². The Morgan fingerprint density at radius 1 is 1.35 bits per heavy atom. The number of anilines is 1. The Kier molecular flexibility index (Phi) is 4.81. The van der Waals surface area contributed by atoms with Gasteiger partial charge in [-0.1, -0.05) is 6.07 Å². The maximum atomic E-state index is 12.2. The molecule has 1 aromatic rings. The predicted octanol–water partition coefficient (Wildman–Crippen LogP) is 0.999. The van der Waals surface area contributed by atoms with Crippen LogP contribution >= 0.6 is 0 Å². The molecule has 1 unspecified atom stereocenters. The van der Waals surface area contributed by atoms with Gasteiger partial charge in [-0.15, -0.1) is 0 Å². The average Bonchev–Trinajstić information content (AvgIpc) is 3.21. The second-order valence-corrected chi connectivity index (χ2v) is 6.17. The molecule has 2 N–H and O–H groups in total. The Morgan fingerprint density at radius 2 is 2.22 bits per heavy atom. The van der Waals surface area contributed by atoms with Crippen LogP contribution in [-0.2, 0) is 9.59 Å². The van der Waals surface area contributed by atoms with Gasteiger partial charge in [0.2, 0.25) is 5.91 Å². The number of hydrogen-bond donors (Lipinski definition) is 1. The molecule has 1 atom stereocenters. The topological polar surface area (TPSA) is 75.9 Å². The Labute approximate surface area is 136 Å². The number of benzene rings is 1. The zero-order valence-corrected chi connectivity index (χ0v) is 13.2. The molecule has 3 rings (SSSR count). The van der Waals surface area contributed by atoms with Gasteiger partial charge >= 0.3 is 0 Å². The van der Waals surface area contributed by atoms with Crippen LogP contribution in [0.15, 0.2) is 24.3 Å². The summed E-state index contributed by atoms with van der Waals surface area (Å²) in [7, 11) is 0. The molecule has 6 nitrogen and oxygen atoms in total. The van der Waals surface area contributed by atoms with E-state index in [0.717, 1.165) is 38.2 Å². The summed E-state index contributed by atoms with van der Waals surface area (Å²) in [5, 5.41) is 0. The second-order valence-electron chi connectivity index (χ2n) is 6.17. The molecule has 2 fully saturated rings. The lowest BCUT2D eigenvalue weighted by Gasteiger charge is -2.18. The highest BCUT2D eigenvalue weighted by atomic mass is 16.5. The summed E-state index contributed by atoms with van der Waals surface area (Å²) in [6, 6.07) is 7.37. The van der Waals surface area contributed by atoms with Crippen LogP contribution in [0.3, 0.4) is 0 Å². The first kappa shape index (κ1) is 15.8. The molecule has 6 heteroatoms. The minimum Gasteiger partial charge on any atom is -0.484 e. The number of hydrogen-bond acceptors (Lipinski definition) is 4. The smallest absolute Gasteiger partial charge is 0.260 e. The molecular weight excluding hydrogens is 294 g/mol. The van der Waals surface area contributed by atoms with E-state index in [1.54, 1.807) is 4.90 Å². The van der Waals surface area contributed by atoms with Crippen molar-refractivity contribution in [3.8, 4) is 5.75 Å². The van der Waals surface area contributed by atoms with Crippen LogP contribution in [0.25, 0.3) is 0 Å². The molecule has 0 bridgehead atoms. The number of amides is 2. The van der Waals surface area contributed by atoms with Crippen LogP contribution in [0.2, 0.25) is 0 Å². The molecule has 0 aromatic heterocycles. The van der Waals surface area contributed by atoms with E-state index in [1.165, 1.54) is 0 Å². The zero-order chi connectivity index (χ0) is 16.2. The molecule has 0 radical (unpaired) electrons. The lowest BCUT2D eigenvalue weighted by atomic mass is 10.1. The van der Waals surface area contributed by atoms with E-state index in [9.17, 15) is 9.59 Å². The third kappa shape index (κ3) is 3.64. The van der Waals surface area contributed by atoms with E-state index in [0.29, 0.717) is 24.6 Å². The van der Waals surface area contributed by atoms with Gasteiger partial charge in [0.25, 0.3) is 5.91 Å². The predicted molar refractivity (Wildman–Crippen MR) is 87.3 cm³/mol. The SMILES string of the molecule is NCC1CCN(C(=O)COc2cccc(N3CCCC3=O)c2)C1. The van der Waals surface area contributed by atoms with Gasteiger partial charge in [0.05, 0.1) is 0 Å². The molecule has 2 aliphatic heterocycles.